The van der Waals surface area contributed by atoms with Crippen LogP contribution in [0.15, 0.2) is 48.5 Å². The van der Waals surface area contributed by atoms with E-state index in [0.717, 1.165) is 34.6 Å². The lowest BCUT2D eigenvalue weighted by molar-refractivity contribution is 0.0368. The van der Waals surface area contributed by atoms with Crippen LogP contribution in [0.2, 0.25) is 0 Å². The standard InChI is InChI=1S/C18H17NO3/c1-12-5-3-4-6-15(12)18(20)22-19-17-10-7-13-11-14(21-2)8-9-16(13)17/h3-6,8-11,19H,7H2,1-2H3. The number of hydroxylamine groups is 1. The van der Waals surface area contributed by atoms with Crippen molar-refractivity contribution in [2.45, 2.75) is 13.3 Å². The fourth-order valence-electron chi connectivity index (χ4n) is 2.51. The summed E-state index contributed by atoms with van der Waals surface area (Å²) in [4.78, 5) is 17.3. The Morgan fingerprint density at radius 3 is 2.77 bits per heavy atom. The molecular formula is C18H17NO3. The van der Waals surface area contributed by atoms with Crippen molar-refractivity contribution in [2.75, 3.05) is 7.11 Å². The second kappa shape index (κ2) is 5.93. The van der Waals surface area contributed by atoms with Crippen molar-refractivity contribution in [3.8, 4) is 5.75 Å². The molecule has 3 rings (SSSR count). The molecule has 1 aliphatic carbocycles. The van der Waals surface area contributed by atoms with Gasteiger partial charge in [-0.1, -0.05) is 24.3 Å². The summed E-state index contributed by atoms with van der Waals surface area (Å²) in [6.45, 7) is 1.88. The highest BCUT2D eigenvalue weighted by Gasteiger charge is 2.17. The zero-order valence-electron chi connectivity index (χ0n) is 12.6. The second-order valence-electron chi connectivity index (χ2n) is 5.15. The molecule has 112 valence electrons. The van der Waals surface area contributed by atoms with Gasteiger partial charge in [-0.05, 0) is 48.7 Å². The summed E-state index contributed by atoms with van der Waals surface area (Å²) in [6, 6.07) is 13.2. The Kier molecular flexibility index (Phi) is 3.83. The first kappa shape index (κ1) is 14.2. The first-order chi connectivity index (χ1) is 10.7. The number of hydrogen-bond acceptors (Lipinski definition) is 4. The van der Waals surface area contributed by atoms with Gasteiger partial charge in [-0.25, -0.2) is 10.3 Å². The number of carbonyl (C=O) groups excluding carboxylic acids is 1. The van der Waals surface area contributed by atoms with Gasteiger partial charge in [-0.15, -0.1) is 0 Å². The van der Waals surface area contributed by atoms with Crippen LogP contribution in [-0.2, 0) is 11.3 Å². The molecule has 2 aromatic carbocycles. The van der Waals surface area contributed by atoms with Crippen LogP contribution in [0.1, 0.15) is 27.0 Å². The van der Waals surface area contributed by atoms with Crippen LogP contribution in [0.25, 0.3) is 5.70 Å². The van der Waals surface area contributed by atoms with Gasteiger partial charge in [0.1, 0.15) is 5.75 Å². The average molecular weight is 295 g/mol. The number of fused-ring (bicyclic) bond motifs is 1. The molecule has 4 nitrogen and oxygen atoms in total. The zero-order valence-corrected chi connectivity index (χ0v) is 12.6. The molecule has 0 atom stereocenters. The molecule has 0 bridgehead atoms. The molecule has 1 aliphatic rings. The van der Waals surface area contributed by atoms with Crippen molar-refractivity contribution in [1.82, 2.24) is 5.48 Å². The van der Waals surface area contributed by atoms with Gasteiger partial charge in [0.05, 0.1) is 18.4 Å². The van der Waals surface area contributed by atoms with Gasteiger partial charge in [0, 0.05) is 5.56 Å². The molecule has 0 unspecified atom stereocenters. The van der Waals surface area contributed by atoms with Crippen LogP contribution >= 0.6 is 0 Å². The van der Waals surface area contributed by atoms with E-state index in [-0.39, 0.29) is 5.97 Å². The van der Waals surface area contributed by atoms with Gasteiger partial charge < -0.3 is 9.57 Å². The molecule has 0 aliphatic heterocycles. The van der Waals surface area contributed by atoms with Gasteiger partial charge in [0.2, 0.25) is 0 Å². The van der Waals surface area contributed by atoms with Crippen LogP contribution in [0.5, 0.6) is 5.75 Å². The van der Waals surface area contributed by atoms with E-state index in [1.54, 1.807) is 13.2 Å². The molecule has 0 fully saturated rings. The van der Waals surface area contributed by atoms with Crippen LogP contribution in [0, 0.1) is 6.92 Å². The van der Waals surface area contributed by atoms with Gasteiger partial charge in [-0.3, -0.25) is 0 Å². The van der Waals surface area contributed by atoms with Crippen molar-refractivity contribution in [2.24, 2.45) is 0 Å². The lowest BCUT2D eigenvalue weighted by Crippen LogP contribution is -2.19. The number of benzene rings is 2. The molecular weight excluding hydrogens is 278 g/mol. The highest BCUT2D eigenvalue weighted by atomic mass is 16.7. The Balaban J connectivity index is 1.69. The topological polar surface area (TPSA) is 47.6 Å². The van der Waals surface area contributed by atoms with Crippen molar-refractivity contribution < 1.29 is 14.4 Å². The molecule has 22 heavy (non-hydrogen) atoms. The van der Waals surface area contributed by atoms with Crippen molar-refractivity contribution >= 4 is 11.7 Å². The van der Waals surface area contributed by atoms with Crippen LogP contribution in [0.3, 0.4) is 0 Å². The maximum atomic E-state index is 12.1. The Hall–Kier alpha value is -2.75. The third-order valence-corrected chi connectivity index (χ3v) is 3.75. The SMILES string of the molecule is COc1ccc2c(c1)CC=C2NOC(=O)c1ccccc1C. The fraction of sp³-hybridized carbons (Fsp3) is 0.167. The summed E-state index contributed by atoms with van der Waals surface area (Å²) in [5, 5.41) is 0. The minimum absolute atomic E-state index is 0.388. The molecule has 0 spiro atoms. The first-order valence-corrected chi connectivity index (χ1v) is 7.09. The lowest BCUT2D eigenvalue weighted by atomic mass is 10.1. The number of nitrogens with one attached hydrogen (secondary N) is 1. The predicted octanol–water partition coefficient (Wildman–Crippen LogP) is 3.26. The molecule has 2 aromatic rings. The molecule has 0 heterocycles. The molecule has 0 radical (unpaired) electrons. The number of carbonyl (C=O) groups is 1. The van der Waals surface area contributed by atoms with Crippen LogP contribution in [-0.4, -0.2) is 13.1 Å². The monoisotopic (exact) mass is 295 g/mol. The quantitative estimate of drug-likeness (QED) is 0.880. The Morgan fingerprint density at radius 1 is 1.18 bits per heavy atom. The normalized spacial score (nSPS) is 12.4. The van der Waals surface area contributed by atoms with Crippen LogP contribution < -0.4 is 10.2 Å². The smallest absolute Gasteiger partial charge is 0.363 e. The van der Waals surface area contributed by atoms with E-state index in [1.807, 2.05) is 49.4 Å². The maximum Gasteiger partial charge on any atom is 0.363 e. The maximum absolute atomic E-state index is 12.1. The molecule has 0 saturated heterocycles. The summed E-state index contributed by atoms with van der Waals surface area (Å²) < 4.78 is 5.21. The molecule has 1 N–H and O–H groups in total. The number of allylic oxidation sites excluding steroid dienone is 1. The van der Waals surface area contributed by atoms with Crippen molar-refractivity contribution in [1.29, 1.82) is 0 Å². The number of ether oxygens (including phenoxy) is 1. The highest BCUT2D eigenvalue weighted by molar-refractivity contribution is 5.91. The number of rotatable bonds is 4. The second-order valence-corrected chi connectivity index (χ2v) is 5.15. The van der Waals surface area contributed by atoms with E-state index in [1.165, 1.54) is 0 Å². The average Bonchev–Trinajstić information content (AvgIpc) is 2.95. The summed E-state index contributed by atoms with van der Waals surface area (Å²) in [5.74, 6) is 0.436. The molecule has 4 heteroatoms. The number of methoxy groups -OCH3 is 1. The minimum atomic E-state index is -0.388. The van der Waals surface area contributed by atoms with Crippen molar-refractivity contribution in [3.63, 3.8) is 0 Å². The number of hydrogen-bond donors (Lipinski definition) is 1. The van der Waals surface area contributed by atoms with Gasteiger partial charge in [0.15, 0.2) is 0 Å². The summed E-state index contributed by atoms with van der Waals surface area (Å²) in [7, 11) is 1.65. The molecule has 0 saturated carbocycles. The summed E-state index contributed by atoms with van der Waals surface area (Å²) in [6.07, 6.45) is 2.78. The largest absolute Gasteiger partial charge is 0.497 e. The van der Waals surface area contributed by atoms with Gasteiger partial charge >= 0.3 is 5.97 Å². The van der Waals surface area contributed by atoms with E-state index >= 15 is 0 Å². The molecule has 0 aromatic heterocycles. The molecule has 0 amide bonds. The fourth-order valence-corrected chi connectivity index (χ4v) is 2.51. The predicted molar refractivity (Wildman–Crippen MR) is 84.4 cm³/mol. The Labute approximate surface area is 129 Å². The third-order valence-electron chi connectivity index (χ3n) is 3.75. The van der Waals surface area contributed by atoms with Crippen LogP contribution in [0.4, 0.5) is 0 Å². The van der Waals surface area contributed by atoms with E-state index in [9.17, 15) is 4.79 Å². The minimum Gasteiger partial charge on any atom is -0.497 e. The summed E-state index contributed by atoms with van der Waals surface area (Å²) >= 11 is 0. The Morgan fingerprint density at radius 2 is 2.00 bits per heavy atom. The highest BCUT2D eigenvalue weighted by Crippen LogP contribution is 2.28. The number of aryl methyl sites for hydroxylation is 1. The van der Waals surface area contributed by atoms with Gasteiger partial charge in [-0.2, -0.15) is 0 Å². The van der Waals surface area contributed by atoms with E-state index in [0.29, 0.717) is 5.56 Å². The van der Waals surface area contributed by atoms with E-state index in [4.69, 9.17) is 9.57 Å². The Bertz CT molecular complexity index is 750. The third kappa shape index (κ3) is 2.68. The first-order valence-electron chi connectivity index (χ1n) is 7.09. The van der Waals surface area contributed by atoms with E-state index in [2.05, 4.69) is 5.48 Å². The zero-order chi connectivity index (χ0) is 15.5. The van der Waals surface area contributed by atoms with Crippen molar-refractivity contribution in [3.05, 3.63) is 70.8 Å². The van der Waals surface area contributed by atoms with Gasteiger partial charge in [0.25, 0.3) is 0 Å². The van der Waals surface area contributed by atoms with E-state index < -0.39 is 0 Å². The lowest BCUT2D eigenvalue weighted by Gasteiger charge is -2.11. The summed E-state index contributed by atoms with van der Waals surface area (Å²) in [5.41, 5.74) is 7.20.